The predicted molar refractivity (Wildman–Crippen MR) is 61.9 cm³/mol. The molecule has 0 amide bonds. The molecule has 0 aliphatic heterocycles. The summed E-state index contributed by atoms with van der Waals surface area (Å²) < 4.78 is 21.4. The van der Waals surface area contributed by atoms with Crippen LogP contribution in [-0.2, 0) is 33.3 Å². The third kappa shape index (κ3) is 203. The first kappa shape index (κ1) is 36.9. The van der Waals surface area contributed by atoms with Crippen molar-refractivity contribution >= 4 is 67.6 Å². The number of carboxylic acid groups (broad SMARTS) is 2. The van der Waals surface area contributed by atoms with Crippen LogP contribution in [0.3, 0.4) is 0 Å². The number of phosphoric acid groups is 1. The second-order valence-electron chi connectivity index (χ2n) is 1.48. The van der Waals surface area contributed by atoms with Crippen molar-refractivity contribution in [3.8, 4) is 0 Å². The number of halogens is 1. The summed E-state index contributed by atoms with van der Waals surface area (Å²) in [7, 11) is -4.81. The van der Waals surface area contributed by atoms with Crippen molar-refractivity contribution < 1.29 is 57.8 Å². The molecule has 0 aromatic rings. The summed E-state index contributed by atoms with van der Waals surface area (Å²) >= 11 is 0. The first-order valence-electron chi connectivity index (χ1n) is 3.39. The Kier molecular flexibility index (Phi) is 52.8. The molecule has 0 radical (unpaired) electrons. The van der Waals surface area contributed by atoms with Gasteiger partial charge in [-0.05, 0) is 4.53 Å². The molecule has 0 saturated heterocycles. The van der Waals surface area contributed by atoms with Gasteiger partial charge in [0.25, 0.3) is 0 Å². The molecule has 0 unspecified atom stereocenters. The van der Waals surface area contributed by atoms with Crippen molar-refractivity contribution in [3.05, 3.63) is 0 Å². The topological polar surface area (TPSA) is 264 Å². The van der Waals surface area contributed by atoms with Crippen molar-refractivity contribution in [3.63, 3.8) is 0 Å². The maximum absolute atomic E-state index is 10.2. The average molecular weight is 359 g/mol. The van der Waals surface area contributed by atoms with Gasteiger partial charge in [-0.2, -0.15) is 0 Å². The molecule has 14 nitrogen and oxygen atoms in total. The van der Waals surface area contributed by atoms with Crippen LogP contribution in [-0.4, -0.2) is 79.7 Å². The third-order valence-corrected chi connectivity index (χ3v) is 0.453. The molecule has 0 heterocycles. The van der Waals surface area contributed by atoms with Crippen molar-refractivity contribution in [1.82, 2.24) is 0 Å². The number of nitrogens with one attached hydrogen (secondary N) is 3. The summed E-state index contributed by atoms with van der Waals surface area (Å²) in [4.78, 5) is 57.9. The molecule has 0 bridgehead atoms. The predicted octanol–water partition coefficient (Wildman–Crippen LogP) is -1.81. The van der Waals surface area contributed by atoms with Gasteiger partial charge in [0, 0.05) is 0 Å². The minimum atomic E-state index is -4.81. The Labute approximate surface area is 141 Å². The van der Waals surface area contributed by atoms with Gasteiger partial charge in [-0.15, -0.1) is 0 Å². The van der Waals surface area contributed by atoms with Crippen molar-refractivity contribution in [2.45, 2.75) is 0 Å². The Morgan fingerprint density at radius 3 is 1.00 bits per heavy atom. The molecule has 0 rings (SSSR count). The molecular formula is C5H8FN3NaO11P. The molecule has 0 aromatic carbocycles. The van der Waals surface area contributed by atoms with Crippen LogP contribution < -0.4 is 0 Å². The van der Waals surface area contributed by atoms with Crippen molar-refractivity contribution in [2.24, 2.45) is 0 Å². The summed E-state index contributed by atoms with van der Waals surface area (Å²) in [6.45, 7) is 0. The van der Waals surface area contributed by atoms with E-state index < -0.39 is 19.8 Å². The summed E-state index contributed by atoms with van der Waals surface area (Å²) in [5.41, 5.74) is 0. The van der Waals surface area contributed by atoms with E-state index >= 15 is 0 Å². The van der Waals surface area contributed by atoms with E-state index in [1.165, 1.54) is 0 Å². The van der Waals surface area contributed by atoms with Crippen LogP contribution in [0, 0.1) is 16.2 Å². The number of carbonyl (C=O) groups excluding carboxylic acids is 3. The molecule has 0 spiro atoms. The second kappa shape index (κ2) is 31.5. The summed E-state index contributed by atoms with van der Waals surface area (Å²) in [5, 5.41) is 31.0. The quantitative estimate of drug-likeness (QED) is 0.0901. The van der Waals surface area contributed by atoms with Gasteiger partial charge in [-0.3, -0.25) is 0 Å². The Balaban J connectivity index is -0.0000000376. The number of isocyanates is 3. The van der Waals surface area contributed by atoms with Crippen LogP contribution in [0.5, 0.6) is 0 Å². The van der Waals surface area contributed by atoms with Crippen LogP contribution in [0.4, 0.5) is 4.53 Å². The van der Waals surface area contributed by atoms with Gasteiger partial charge in [0.15, 0.2) is 0 Å². The number of carboxylic acids is 2. The Bertz CT molecular complexity index is 392. The fourth-order valence-electron chi connectivity index (χ4n) is 0. The Morgan fingerprint density at radius 1 is 0.909 bits per heavy atom. The van der Waals surface area contributed by atoms with Crippen LogP contribution >= 0.6 is 7.82 Å². The molecular weight excluding hydrogens is 351 g/mol. The second-order valence-corrected chi connectivity index (χ2v) is 2.60. The van der Waals surface area contributed by atoms with E-state index in [1.54, 1.807) is 0 Å². The van der Waals surface area contributed by atoms with E-state index in [2.05, 4.69) is 4.73 Å². The molecule has 0 aromatic heterocycles. The van der Waals surface area contributed by atoms with Gasteiger partial charge < -0.3 is 20.0 Å². The Hall–Kier alpha value is -1.88. The molecule has 0 saturated carbocycles. The molecule has 122 valence electrons. The third-order valence-electron chi connectivity index (χ3n) is 0.273. The zero-order valence-corrected chi connectivity index (χ0v) is 10.4. The summed E-state index contributed by atoms with van der Waals surface area (Å²) in [5.74, 6) is -3.65. The first-order valence-corrected chi connectivity index (χ1v) is 4.92. The monoisotopic (exact) mass is 359 g/mol. The van der Waals surface area contributed by atoms with Gasteiger partial charge in [0.2, 0.25) is 18.2 Å². The molecule has 0 aliphatic carbocycles. The zero-order chi connectivity index (χ0) is 18.5. The van der Waals surface area contributed by atoms with Crippen LogP contribution in [0.25, 0.3) is 0 Å². The molecule has 22 heavy (non-hydrogen) atoms. The van der Waals surface area contributed by atoms with Gasteiger partial charge >= 0.3 is 49.3 Å². The van der Waals surface area contributed by atoms with Gasteiger partial charge in [0.1, 0.15) is 0 Å². The van der Waals surface area contributed by atoms with E-state index in [1.807, 2.05) is 0 Å². The van der Waals surface area contributed by atoms with E-state index in [4.69, 9.17) is 64.8 Å². The fourth-order valence-corrected chi connectivity index (χ4v) is 0. The minimum absolute atomic E-state index is 0. The molecule has 0 atom stereocenters. The van der Waals surface area contributed by atoms with Crippen LogP contribution in [0.1, 0.15) is 0 Å². The standard InChI is InChI=1S/C2H2O4.3CHNO.FH2O4P.Na.H/c3-1(4)2(5)6;3*2-1-3;1-5-6(2,3)4;;/h(H,3,4)(H,5,6);3*2H;(H2,2,3,4);;. The normalized spacial score (nSPS) is 6.32. The van der Waals surface area contributed by atoms with Crippen molar-refractivity contribution in [2.75, 3.05) is 0 Å². The van der Waals surface area contributed by atoms with Crippen molar-refractivity contribution in [1.29, 1.82) is 16.2 Å². The van der Waals surface area contributed by atoms with Gasteiger partial charge in [-0.25, -0.2) is 44.8 Å². The van der Waals surface area contributed by atoms with E-state index in [0.717, 1.165) is 18.2 Å². The van der Waals surface area contributed by atoms with E-state index in [-0.39, 0.29) is 29.6 Å². The van der Waals surface area contributed by atoms with E-state index in [0.29, 0.717) is 0 Å². The van der Waals surface area contributed by atoms with Gasteiger partial charge in [0.05, 0.1) is 0 Å². The number of rotatable bonds is 1. The van der Waals surface area contributed by atoms with Crippen LogP contribution in [0.15, 0.2) is 0 Å². The molecule has 0 aliphatic rings. The summed E-state index contributed by atoms with van der Waals surface area (Å²) in [6, 6.07) is 0. The maximum atomic E-state index is 10.2. The average Bonchev–Trinajstić information content (AvgIpc) is 2.31. The molecule has 17 heteroatoms. The van der Waals surface area contributed by atoms with E-state index in [9.17, 15) is 4.53 Å². The number of hydrogen-bond donors (Lipinski definition) is 7. The molecule has 7 N–H and O–H groups in total. The summed E-state index contributed by atoms with van der Waals surface area (Å²) in [6.07, 6.45) is 2.25. The number of hydrogen-bond acceptors (Lipinski definition) is 10. The zero-order valence-electron chi connectivity index (χ0n) is 9.47. The number of aliphatic carboxylic acids is 2. The SMILES string of the molecule is N=C=O.N=C=O.N=C=O.O=C(O)C(=O)O.O=P(O)(O)OF.[NaH]. The number of carbonyl (C=O) groups is 2. The van der Waals surface area contributed by atoms with Crippen LogP contribution in [0.2, 0.25) is 0 Å². The Morgan fingerprint density at radius 2 is 1.00 bits per heavy atom. The first-order chi connectivity index (χ1) is 9.45. The van der Waals surface area contributed by atoms with Gasteiger partial charge in [-0.1, -0.05) is 4.73 Å². The fraction of sp³-hybridized carbons (Fsp3) is 0. The molecule has 0 fully saturated rings.